The summed E-state index contributed by atoms with van der Waals surface area (Å²) in [6.45, 7) is 1.87. The molecule has 1 aromatic rings. The van der Waals surface area contributed by atoms with Crippen LogP contribution in [0.3, 0.4) is 0 Å². The van der Waals surface area contributed by atoms with E-state index in [-0.39, 0.29) is 6.54 Å². The van der Waals surface area contributed by atoms with Gasteiger partial charge in [-0.3, -0.25) is 9.97 Å². The molecule has 2 atom stereocenters. The number of H-pyrrole nitrogens is 2. The van der Waals surface area contributed by atoms with E-state index in [1.165, 1.54) is 0 Å². The van der Waals surface area contributed by atoms with Gasteiger partial charge in [0.05, 0.1) is 25.4 Å². The summed E-state index contributed by atoms with van der Waals surface area (Å²) in [6, 6.07) is 0. The predicted molar refractivity (Wildman–Crippen MR) is 68.8 cm³/mol. The van der Waals surface area contributed by atoms with Gasteiger partial charge in [-0.05, 0) is 25.2 Å². The van der Waals surface area contributed by atoms with E-state index in [0.29, 0.717) is 24.5 Å². The number of hydrogen-bond donors (Lipinski definition) is 2. The van der Waals surface area contributed by atoms with Gasteiger partial charge in [0.1, 0.15) is 0 Å². The lowest BCUT2D eigenvalue weighted by atomic mass is 9.94. The Labute approximate surface area is 113 Å². The molecule has 0 aliphatic carbocycles. The Hall–Kier alpha value is -1.67. The first kappa shape index (κ1) is 13.3. The van der Waals surface area contributed by atoms with Crippen LogP contribution < -0.4 is 17.1 Å². The molecule has 20 heavy (non-hydrogen) atoms. The van der Waals surface area contributed by atoms with Crippen LogP contribution in [0.2, 0.25) is 0 Å². The topological polar surface area (TPSA) is 113 Å². The Kier molecular flexibility index (Phi) is 3.58. The van der Waals surface area contributed by atoms with E-state index < -0.39 is 17.1 Å². The summed E-state index contributed by atoms with van der Waals surface area (Å²) >= 11 is 0. The summed E-state index contributed by atoms with van der Waals surface area (Å²) in [6.07, 6.45) is 3.16. The van der Waals surface area contributed by atoms with E-state index in [2.05, 4.69) is 9.97 Å². The SMILES string of the molecule is O=c1[nH]c(=O)n(CCC(CC2CO2)CC2CO2)c(=O)[nH]1. The number of nitrogens with one attached hydrogen (secondary N) is 2. The fourth-order valence-electron chi connectivity index (χ4n) is 2.45. The molecular formula is C12H17N3O5. The molecule has 2 aliphatic rings. The predicted octanol–water partition coefficient (Wildman–Crippen LogP) is -1.19. The third-order valence-corrected chi connectivity index (χ3v) is 3.69. The van der Waals surface area contributed by atoms with Crippen LogP contribution in [0.15, 0.2) is 14.4 Å². The Morgan fingerprint density at radius 3 is 2.00 bits per heavy atom. The molecule has 0 bridgehead atoms. The van der Waals surface area contributed by atoms with Crippen molar-refractivity contribution < 1.29 is 9.47 Å². The number of aromatic nitrogens is 3. The van der Waals surface area contributed by atoms with Crippen molar-refractivity contribution in [1.82, 2.24) is 14.5 Å². The van der Waals surface area contributed by atoms with Crippen molar-refractivity contribution in [2.75, 3.05) is 13.2 Å². The largest absolute Gasteiger partial charge is 0.373 e. The van der Waals surface area contributed by atoms with Crippen molar-refractivity contribution in [1.29, 1.82) is 0 Å². The zero-order valence-corrected chi connectivity index (χ0v) is 11.0. The first-order valence-electron chi connectivity index (χ1n) is 6.78. The number of hydrogen-bond acceptors (Lipinski definition) is 5. The minimum absolute atomic E-state index is 0.287. The Morgan fingerprint density at radius 1 is 1.05 bits per heavy atom. The number of rotatable bonds is 7. The van der Waals surface area contributed by atoms with E-state index in [9.17, 15) is 14.4 Å². The molecule has 2 aliphatic heterocycles. The van der Waals surface area contributed by atoms with Crippen molar-refractivity contribution in [3.05, 3.63) is 31.5 Å². The molecule has 3 heterocycles. The van der Waals surface area contributed by atoms with Crippen LogP contribution in [0, 0.1) is 5.92 Å². The lowest BCUT2D eigenvalue weighted by Gasteiger charge is -2.14. The van der Waals surface area contributed by atoms with E-state index in [4.69, 9.17) is 9.47 Å². The van der Waals surface area contributed by atoms with Crippen molar-refractivity contribution in [3.8, 4) is 0 Å². The molecule has 0 saturated carbocycles. The van der Waals surface area contributed by atoms with Crippen LogP contribution in [-0.4, -0.2) is 40.0 Å². The third kappa shape index (κ3) is 3.45. The van der Waals surface area contributed by atoms with Gasteiger partial charge in [0.2, 0.25) is 0 Å². The molecule has 0 aromatic carbocycles. The molecule has 0 spiro atoms. The van der Waals surface area contributed by atoms with Crippen molar-refractivity contribution in [3.63, 3.8) is 0 Å². The highest BCUT2D eigenvalue weighted by atomic mass is 16.6. The van der Waals surface area contributed by atoms with Crippen LogP contribution in [-0.2, 0) is 16.0 Å². The fourth-order valence-corrected chi connectivity index (χ4v) is 2.45. The molecule has 8 heteroatoms. The zero-order chi connectivity index (χ0) is 14.1. The Morgan fingerprint density at radius 2 is 1.55 bits per heavy atom. The first-order valence-corrected chi connectivity index (χ1v) is 6.78. The summed E-state index contributed by atoms with van der Waals surface area (Å²) in [5.41, 5.74) is -2.10. The van der Waals surface area contributed by atoms with Crippen LogP contribution in [0.1, 0.15) is 19.3 Å². The number of ether oxygens (including phenoxy) is 2. The average Bonchev–Trinajstić information content (AvgIpc) is 3.22. The summed E-state index contributed by atoms with van der Waals surface area (Å²) < 4.78 is 11.5. The van der Waals surface area contributed by atoms with Crippen molar-refractivity contribution >= 4 is 0 Å². The summed E-state index contributed by atoms with van der Waals surface area (Å²) in [7, 11) is 0. The number of nitrogens with zero attached hydrogens (tertiary/aromatic N) is 1. The molecular weight excluding hydrogens is 266 g/mol. The van der Waals surface area contributed by atoms with Gasteiger partial charge in [0, 0.05) is 6.54 Å². The highest BCUT2D eigenvalue weighted by Gasteiger charge is 2.32. The van der Waals surface area contributed by atoms with Gasteiger partial charge < -0.3 is 9.47 Å². The summed E-state index contributed by atoms with van der Waals surface area (Å²) in [5.74, 6) is 0.355. The highest BCUT2D eigenvalue weighted by Crippen LogP contribution is 2.29. The van der Waals surface area contributed by atoms with Gasteiger partial charge in [-0.1, -0.05) is 0 Å². The maximum absolute atomic E-state index is 11.6. The normalized spacial score (nSPS) is 25.4. The van der Waals surface area contributed by atoms with Crippen LogP contribution >= 0.6 is 0 Å². The standard InChI is InChI=1S/C12H17N3O5/c16-10-13-11(17)15(12(18)14-10)2-1-7(3-8-5-19-8)4-9-6-20-9/h7-9H,1-6H2,(H2,13,14,16,17,18). The lowest BCUT2D eigenvalue weighted by molar-refractivity contribution is 0.287. The second-order valence-corrected chi connectivity index (χ2v) is 5.38. The third-order valence-electron chi connectivity index (χ3n) is 3.69. The lowest BCUT2D eigenvalue weighted by Crippen LogP contribution is -2.43. The van der Waals surface area contributed by atoms with Crippen LogP contribution in [0.25, 0.3) is 0 Å². The second kappa shape index (κ2) is 5.37. The molecule has 1 aromatic heterocycles. The van der Waals surface area contributed by atoms with Gasteiger partial charge in [0.15, 0.2) is 0 Å². The maximum Gasteiger partial charge on any atom is 0.333 e. The average molecular weight is 283 g/mol. The zero-order valence-electron chi connectivity index (χ0n) is 11.0. The van der Waals surface area contributed by atoms with Gasteiger partial charge in [-0.2, -0.15) is 0 Å². The van der Waals surface area contributed by atoms with Gasteiger partial charge >= 0.3 is 17.1 Å². The Balaban J connectivity index is 1.65. The van der Waals surface area contributed by atoms with Crippen molar-refractivity contribution in [2.24, 2.45) is 5.92 Å². The highest BCUT2D eigenvalue weighted by molar-refractivity contribution is 4.80. The van der Waals surface area contributed by atoms with E-state index in [1.54, 1.807) is 0 Å². The molecule has 3 rings (SSSR count). The fraction of sp³-hybridized carbons (Fsp3) is 0.750. The second-order valence-electron chi connectivity index (χ2n) is 5.38. The van der Waals surface area contributed by atoms with Crippen LogP contribution in [0.4, 0.5) is 0 Å². The molecule has 2 saturated heterocycles. The molecule has 2 fully saturated rings. The molecule has 110 valence electrons. The van der Waals surface area contributed by atoms with Crippen molar-refractivity contribution in [2.45, 2.75) is 38.0 Å². The monoisotopic (exact) mass is 283 g/mol. The van der Waals surface area contributed by atoms with E-state index in [1.807, 2.05) is 0 Å². The number of aromatic amines is 2. The van der Waals surface area contributed by atoms with Crippen LogP contribution in [0.5, 0.6) is 0 Å². The van der Waals surface area contributed by atoms with E-state index >= 15 is 0 Å². The summed E-state index contributed by atoms with van der Waals surface area (Å²) in [4.78, 5) is 38.2. The molecule has 2 N–H and O–H groups in total. The Bertz CT molecular complexity index is 589. The minimum Gasteiger partial charge on any atom is -0.373 e. The summed E-state index contributed by atoms with van der Waals surface area (Å²) in [5, 5.41) is 0. The maximum atomic E-state index is 11.6. The molecule has 2 unspecified atom stereocenters. The molecule has 8 nitrogen and oxygen atoms in total. The minimum atomic E-state index is -0.773. The van der Waals surface area contributed by atoms with Gasteiger partial charge in [-0.25, -0.2) is 19.0 Å². The van der Waals surface area contributed by atoms with Gasteiger partial charge in [-0.15, -0.1) is 0 Å². The molecule has 0 amide bonds. The quantitative estimate of drug-likeness (QED) is 0.611. The number of epoxide rings is 2. The molecule has 0 radical (unpaired) electrons. The smallest absolute Gasteiger partial charge is 0.333 e. The van der Waals surface area contributed by atoms with Gasteiger partial charge in [0.25, 0.3) is 0 Å². The first-order chi connectivity index (χ1) is 9.61. The van der Waals surface area contributed by atoms with E-state index in [0.717, 1.165) is 30.6 Å².